The van der Waals surface area contributed by atoms with Gasteiger partial charge in [-0.1, -0.05) is 12.1 Å². The Morgan fingerprint density at radius 1 is 1.32 bits per heavy atom. The first kappa shape index (κ1) is 16.1. The number of aliphatic hydroxyl groups is 1. The summed E-state index contributed by atoms with van der Waals surface area (Å²) >= 11 is 0. The number of para-hydroxylation sites is 1. The van der Waals surface area contributed by atoms with E-state index in [1.807, 2.05) is 13.0 Å². The van der Waals surface area contributed by atoms with Crippen LogP contribution in [0.3, 0.4) is 0 Å². The van der Waals surface area contributed by atoms with E-state index in [-0.39, 0.29) is 12.5 Å². The van der Waals surface area contributed by atoms with E-state index < -0.39 is 5.60 Å². The third-order valence-corrected chi connectivity index (χ3v) is 3.20. The number of benzene rings is 1. The van der Waals surface area contributed by atoms with Crippen molar-refractivity contribution in [2.45, 2.75) is 25.9 Å². The standard InChI is InChI=1S/C17H21NO4/c1-3-21-15-9-5-4-8-14(15)16(19)18-12-17(2,20)11-13-7-6-10-22-13/h4-10,20H,3,11-12H2,1-2H3,(H,18,19). The van der Waals surface area contributed by atoms with Crippen LogP contribution in [0, 0.1) is 0 Å². The molecule has 0 saturated heterocycles. The minimum absolute atomic E-state index is 0.118. The Labute approximate surface area is 129 Å². The van der Waals surface area contributed by atoms with E-state index in [0.717, 1.165) is 0 Å². The Kier molecular flexibility index (Phi) is 5.22. The minimum atomic E-state index is -1.09. The summed E-state index contributed by atoms with van der Waals surface area (Å²) in [7, 11) is 0. The lowest BCUT2D eigenvalue weighted by Crippen LogP contribution is -2.42. The molecule has 0 bridgehead atoms. The lowest BCUT2D eigenvalue weighted by molar-refractivity contribution is 0.0509. The maximum absolute atomic E-state index is 12.3. The highest BCUT2D eigenvalue weighted by Gasteiger charge is 2.24. The Morgan fingerprint density at radius 3 is 2.77 bits per heavy atom. The number of rotatable bonds is 7. The number of ether oxygens (including phenoxy) is 1. The van der Waals surface area contributed by atoms with Gasteiger partial charge in [0.2, 0.25) is 0 Å². The first-order chi connectivity index (χ1) is 10.5. The van der Waals surface area contributed by atoms with Crippen molar-refractivity contribution >= 4 is 5.91 Å². The molecule has 0 spiro atoms. The van der Waals surface area contributed by atoms with Crippen molar-refractivity contribution in [3.63, 3.8) is 0 Å². The fraction of sp³-hybridized carbons (Fsp3) is 0.353. The summed E-state index contributed by atoms with van der Waals surface area (Å²) in [5.41, 5.74) is -0.633. The van der Waals surface area contributed by atoms with Crippen LogP contribution < -0.4 is 10.1 Å². The lowest BCUT2D eigenvalue weighted by atomic mass is 10.0. The molecule has 2 aromatic rings. The van der Waals surface area contributed by atoms with E-state index in [4.69, 9.17) is 9.15 Å². The van der Waals surface area contributed by atoms with E-state index >= 15 is 0 Å². The summed E-state index contributed by atoms with van der Waals surface area (Å²) in [6.45, 7) is 4.13. The molecule has 5 heteroatoms. The highest BCUT2D eigenvalue weighted by atomic mass is 16.5. The van der Waals surface area contributed by atoms with Gasteiger partial charge >= 0.3 is 0 Å². The fourth-order valence-corrected chi connectivity index (χ4v) is 2.15. The van der Waals surface area contributed by atoms with Crippen LogP contribution in [-0.4, -0.2) is 29.8 Å². The van der Waals surface area contributed by atoms with Crippen LogP contribution in [-0.2, 0) is 6.42 Å². The van der Waals surface area contributed by atoms with Gasteiger partial charge in [-0.2, -0.15) is 0 Å². The van der Waals surface area contributed by atoms with E-state index in [1.165, 1.54) is 0 Å². The molecular weight excluding hydrogens is 282 g/mol. The van der Waals surface area contributed by atoms with Gasteiger partial charge in [0.05, 0.1) is 24.0 Å². The quantitative estimate of drug-likeness (QED) is 0.824. The molecule has 22 heavy (non-hydrogen) atoms. The van der Waals surface area contributed by atoms with Crippen molar-refractivity contribution in [3.05, 3.63) is 54.0 Å². The topological polar surface area (TPSA) is 71.7 Å². The molecule has 0 radical (unpaired) electrons. The minimum Gasteiger partial charge on any atom is -0.493 e. The molecule has 0 saturated carbocycles. The molecule has 2 rings (SSSR count). The molecule has 1 atom stereocenters. The molecule has 5 nitrogen and oxygen atoms in total. The molecule has 118 valence electrons. The summed E-state index contributed by atoms with van der Waals surface area (Å²) in [5, 5.41) is 13.1. The van der Waals surface area contributed by atoms with Crippen LogP contribution in [0.25, 0.3) is 0 Å². The third kappa shape index (κ3) is 4.36. The zero-order valence-electron chi connectivity index (χ0n) is 12.8. The van der Waals surface area contributed by atoms with Crippen molar-refractivity contribution in [2.75, 3.05) is 13.2 Å². The molecule has 0 aliphatic carbocycles. The van der Waals surface area contributed by atoms with Gasteiger partial charge in [0.15, 0.2) is 0 Å². The number of furan rings is 1. The predicted octanol–water partition coefficient (Wildman–Crippen LogP) is 2.40. The number of hydrogen-bond donors (Lipinski definition) is 2. The van der Waals surface area contributed by atoms with Crippen molar-refractivity contribution < 1.29 is 19.1 Å². The molecule has 0 fully saturated rings. The lowest BCUT2D eigenvalue weighted by Gasteiger charge is -2.22. The van der Waals surface area contributed by atoms with Gasteiger partial charge in [0.25, 0.3) is 5.91 Å². The monoisotopic (exact) mass is 303 g/mol. The summed E-state index contributed by atoms with van der Waals surface area (Å²) in [6.07, 6.45) is 1.88. The number of hydrogen-bond acceptors (Lipinski definition) is 4. The van der Waals surface area contributed by atoms with Crippen LogP contribution in [0.15, 0.2) is 47.1 Å². The van der Waals surface area contributed by atoms with E-state index in [0.29, 0.717) is 30.1 Å². The van der Waals surface area contributed by atoms with Crippen molar-refractivity contribution in [2.24, 2.45) is 0 Å². The summed E-state index contributed by atoms with van der Waals surface area (Å²) in [4.78, 5) is 12.3. The predicted molar refractivity (Wildman–Crippen MR) is 83.0 cm³/mol. The zero-order valence-corrected chi connectivity index (χ0v) is 12.8. The van der Waals surface area contributed by atoms with E-state index in [9.17, 15) is 9.90 Å². The average Bonchev–Trinajstić information content (AvgIpc) is 2.98. The molecule has 1 aromatic heterocycles. The highest BCUT2D eigenvalue weighted by Crippen LogP contribution is 2.18. The first-order valence-corrected chi connectivity index (χ1v) is 7.26. The fourth-order valence-electron chi connectivity index (χ4n) is 2.15. The van der Waals surface area contributed by atoms with Crippen LogP contribution in [0.1, 0.15) is 30.0 Å². The maximum Gasteiger partial charge on any atom is 0.255 e. The number of carbonyl (C=O) groups excluding carboxylic acids is 1. The second-order valence-electron chi connectivity index (χ2n) is 5.36. The van der Waals surface area contributed by atoms with Crippen LogP contribution in [0.2, 0.25) is 0 Å². The second kappa shape index (κ2) is 7.13. The Hall–Kier alpha value is -2.27. The normalized spacial score (nSPS) is 13.4. The van der Waals surface area contributed by atoms with Crippen LogP contribution in [0.5, 0.6) is 5.75 Å². The molecule has 0 aliphatic heterocycles. The second-order valence-corrected chi connectivity index (χ2v) is 5.36. The van der Waals surface area contributed by atoms with E-state index in [2.05, 4.69) is 5.32 Å². The highest BCUT2D eigenvalue weighted by molar-refractivity contribution is 5.96. The van der Waals surface area contributed by atoms with Gasteiger partial charge < -0.3 is 19.6 Å². The van der Waals surface area contributed by atoms with Crippen LogP contribution >= 0.6 is 0 Å². The number of nitrogens with one attached hydrogen (secondary N) is 1. The van der Waals surface area contributed by atoms with Gasteiger partial charge in [-0.05, 0) is 38.1 Å². The average molecular weight is 303 g/mol. The summed E-state index contributed by atoms with van der Waals surface area (Å²) in [6, 6.07) is 10.6. The van der Waals surface area contributed by atoms with Crippen molar-refractivity contribution in [3.8, 4) is 5.75 Å². The van der Waals surface area contributed by atoms with Crippen molar-refractivity contribution in [1.82, 2.24) is 5.32 Å². The molecule has 1 heterocycles. The smallest absolute Gasteiger partial charge is 0.255 e. The van der Waals surface area contributed by atoms with Gasteiger partial charge in [-0.3, -0.25) is 4.79 Å². The molecule has 0 aliphatic rings. The van der Waals surface area contributed by atoms with E-state index in [1.54, 1.807) is 43.5 Å². The SMILES string of the molecule is CCOc1ccccc1C(=O)NCC(C)(O)Cc1ccco1. The summed E-state index contributed by atoms with van der Waals surface area (Å²) in [5.74, 6) is 0.936. The Balaban J connectivity index is 1.97. The molecule has 1 unspecified atom stereocenters. The molecule has 1 aromatic carbocycles. The summed E-state index contributed by atoms with van der Waals surface area (Å²) < 4.78 is 10.7. The van der Waals surface area contributed by atoms with Gasteiger partial charge in [-0.25, -0.2) is 0 Å². The third-order valence-electron chi connectivity index (χ3n) is 3.20. The maximum atomic E-state index is 12.3. The number of carbonyl (C=O) groups is 1. The zero-order chi connectivity index (χ0) is 16.0. The number of amides is 1. The van der Waals surface area contributed by atoms with Gasteiger partial charge in [0, 0.05) is 13.0 Å². The van der Waals surface area contributed by atoms with Crippen LogP contribution in [0.4, 0.5) is 0 Å². The Morgan fingerprint density at radius 2 is 2.09 bits per heavy atom. The van der Waals surface area contributed by atoms with Gasteiger partial charge in [-0.15, -0.1) is 0 Å². The molecule has 1 amide bonds. The molecule has 2 N–H and O–H groups in total. The molecular formula is C17H21NO4. The van der Waals surface area contributed by atoms with Crippen molar-refractivity contribution in [1.29, 1.82) is 0 Å². The Bertz CT molecular complexity index is 605. The van der Waals surface area contributed by atoms with Gasteiger partial charge in [0.1, 0.15) is 11.5 Å². The first-order valence-electron chi connectivity index (χ1n) is 7.26. The largest absolute Gasteiger partial charge is 0.493 e.